The number of benzene rings is 5. The number of nitrogens with zero attached hydrogens (tertiary/aromatic N) is 3. The zero-order chi connectivity index (χ0) is 41.4. The molecule has 2 amide bonds. The van der Waals surface area contributed by atoms with E-state index in [1.807, 2.05) is 5.43 Å². The summed E-state index contributed by atoms with van der Waals surface area (Å²) in [7, 11) is -14.4. The van der Waals surface area contributed by atoms with Crippen molar-refractivity contribution in [3.8, 4) is 17.2 Å². The van der Waals surface area contributed by atoms with E-state index in [1.165, 1.54) is 37.4 Å². The molecule has 303 valence electrons. The molecule has 0 aliphatic heterocycles. The van der Waals surface area contributed by atoms with E-state index >= 15 is 0 Å². The molecule has 0 spiro atoms. The first kappa shape index (κ1) is 53.9. The minimum atomic E-state index is -5.43. The Hall–Kier alpha value is -3.24. The number of azo groups is 1. The van der Waals surface area contributed by atoms with E-state index in [0.717, 1.165) is 30.3 Å². The molecule has 0 fully saturated rings. The Kier molecular flexibility index (Phi) is 18.9. The molecule has 3 N–H and O–H groups in total. The third kappa shape index (κ3) is 12.5. The van der Waals surface area contributed by atoms with E-state index in [4.69, 9.17) is 4.74 Å². The van der Waals surface area contributed by atoms with E-state index in [9.17, 15) is 58.7 Å². The molecule has 6 rings (SSSR count). The number of carbonyl (C=O) groups is 2. The SMILES string of the molecule is COc1ccccc1N=Nc1c(S(=O)(=O)[O-])cc2cc(NC(=O)Nc3ccc4c(c3)C=C(S(=O)(=O)[O-])/C(=N/Nc3cc(S(=O)(=O)[O-])ccc3[O-])C4=O)ccc2c1[O-].[Cu+2].[Na+].[Na+].[Na+]. The standard InChI is InChI=1S/C34H26N6O14S3.Cu.3Na/c1-54-27-5-3-2-4-24(27)37-39-30-28(56(48,49)50)14-17-12-19(6-9-22(17)32(30)42)35-34(44)36-20-7-10-23-18(13-20)15-29(57(51,52)53)31(33(23)43)40-38-25-16-21(55(45,46)47)8-11-26(25)41;;;;/h2-16,38,41-42H,1H3,(H2,35,36,44)(H,45,46,47)(H,48,49,50)(H,51,52,53);;;;/q;+2;3*+1/p-5/b39-37?,40-31-;;;;. The van der Waals surface area contributed by atoms with Crippen LogP contribution >= 0.6 is 0 Å². The number of anilines is 3. The summed E-state index contributed by atoms with van der Waals surface area (Å²) in [4.78, 5) is 23.3. The van der Waals surface area contributed by atoms with Gasteiger partial charge in [0.25, 0.3) is 0 Å². The van der Waals surface area contributed by atoms with Crippen LogP contribution in [0.5, 0.6) is 17.2 Å². The zero-order valence-electron chi connectivity index (χ0n) is 31.7. The van der Waals surface area contributed by atoms with Crippen LogP contribution in [0.1, 0.15) is 15.9 Å². The number of allylic oxidation sites excluding steroid dienone is 1. The summed E-state index contributed by atoms with van der Waals surface area (Å²) in [5.41, 5.74) is -0.556. The predicted molar refractivity (Wildman–Crippen MR) is 195 cm³/mol. The number of carbonyl (C=O) groups excluding carboxylic acids is 2. The number of methoxy groups -OCH3 is 1. The van der Waals surface area contributed by atoms with Gasteiger partial charge in [0.1, 0.15) is 47.5 Å². The molecule has 0 saturated heterocycles. The van der Waals surface area contributed by atoms with Gasteiger partial charge in [-0.25, -0.2) is 30.0 Å². The Labute approximate surface area is 423 Å². The number of Topliss-reactive ketones (excluding diaryl/α,β-unsaturated/α-hetero) is 1. The van der Waals surface area contributed by atoms with E-state index < -0.39 is 85.5 Å². The monoisotopic (exact) mass is 965 g/mol. The first-order chi connectivity index (χ1) is 26.7. The molecule has 0 aromatic heterocycles. The molecule has 61 heavy (non-hydrogen) atoms. The fraction of sp³-hybridized carbons (Fsp3) is 0.0294. The van der Waals surface area contributed by atoms with Crippen LogP contribution in [0.3, 0.4) is 0 Å². The van der Waals surface area contributed by atoms with Gasteiger partial charge in [0, 0.05) is 22.6 Å². The number of ether oxygens (including phenoxy) is 1. The Morgan fingerprint density at radius 1 is 0.738 bits per heavy atom. The van der Waals surface area contributed by atoms with Gasteiger partial charge in [-0.15, -0.1) is 10.2 Å². The molecule has 0 heterocycles. The molecule has 0 unspecified atom stereocenters. The topological polar surface area (TPSA) is 334 Å². The Morgan fingerprint density at radius 2 is 1.38 bits per heavy atom. The van der Waals surface area contributed by atoms with Gasteiger partial charge in [0.15, 0.2) is 0 Å². The van der Waals surface area contributed by atoms with Crippen LogP contribution in [0.4, 0.5) is 33.2 Å². The third-order valence-corrected chi connectivity index (χ3v) is 10.5. The predicted octanol–water partition coefficient (Wildman–Crippen LogP) is -5.58. The van der Waals surface area contributed by atoms with Crippen LogP contribution in [-0.2, 0) is 47.4 Å². The van der Waals surface area contributed by atoms with Crippen molar-refractivity contribution in [3.63, 3.8) is 0 Å². The summed E-state index contributed by atoms with van der Waals surface area (Å²) >= 11 is 0. The maximum atomic E-state index is 13.3. The fourth-order valence-electron chi connectivity index (χ4n) is 5.39. The molecular formula is C34H21CuN6Na3O14S3. The normalized spacial score (nSPS) is 13.1. The van der Waals surface area contributed by atoms with Crippen molar-refractivity contribution >= 4 is 93.2 Å². The average Bonchev–Trinajstić information content (AvgIpc) is 3.13. The van der Waals surface area contributed by atoms with E-state index in [2.05, 4.69) is 26.0 Å². The van der Waals surface area contributed by atoms with Gasteiger partial charge < -0.3 is 39.2 Å². The maximum absolute atomic E-state index is 13.3. The smallest absolute Gasteiger partial charge is 0.871 e. The van der Waals surface area contributed by atoms with Crippen molar-refractivity contribution in [1.29, 1.82) is 0 Å². The van der Waals surface area contributed by atoms with E-state index in [-0.39, 0.29) is 150 Å². The molecule has 0 atom stereocenters. The number of amides is 2. The second-order valence-electron chi connectivity index (χ2n) is 11.7. The van der Waals surface area contributed by atoms with E-state index in [0.29, 0.717) is 12.1 Å². The maximum Gasteiger partial charge on any atom is 2.00 e. The van der Waals surface area contributed by atoms with Crippen molar-refractivity contribution in [2.45, 2.75) is 9.79 Å². The number of urea groups is 1. The Bertz CT molecular complexity index is 2990. The van der Waals surface area contributed by atoms with Crippen LogP contribution in [0.2, 0.25) is 0 Å². The molecule has 5 aromatic carbocycles. The number of hydrazone groups is 1. The van der Waals surface area contributed by atoms with Crippen molar-refractivity contribution < 1.29 is 169 Å². The number of nitrogens with one attached hydrogen (secondary N) is 3. The van der Waals surface area contributed by atoms with Crippen molar-refractivity contribution in [2.24, 2.45) is 15.3 Å². The summed E-state index contributed by atoms with van der Waals surface area (Å²) < 4.78 is 112. The Morgan fingerprint density at radius 3 is 2.00 bits per heavy atom. The first-order valence-corrected chi connectivity index (χ1v) is 19.8. The average molecular weight is 966 g/mol. The minimum absolute atomic E-state index is 0. The molecular weight excluding hydrogens is 945 g/mol. The molecule has 0 bridgehead atoms. The second-order valence-corrected chi connectivity index (χ2v) is 15.7. The van der Waals surface area contributed by atoms with Crippen molar-refractivity contribution in [2.75, 3.05) is 23.2 Å². The number of fused-ring (bicyclic) bond motifs is 2. The van der Waals surface area contributed by atoms with E-state index in [1.54, 1.807) is 18.2 Å². The van der Waals surface area contributed by atoms with Crippen molar-refractivity contribution in [1.82, 2.24) is 0 Å². The molecule has 1 aliphatic carbocycles. The number of hydrogen-bond donors (Lipinski definition) is 3. The molecule has 0 saturated carbocycles. The second kappa shape index (κ2) is 21.4. The van der Waals surface area contributed by atoms with Crippen LogP contribution in [0.25, 0.3) is 16.8 Å². The van der Waals surface area contributed by atoms with Gasteiger partial charge in [-0.3, -0.25) is 10.2 Å². The number of para-hydroxylation sites is 1. The van der Waals surface area contributed by atoms with Crippen LogP contribution in [0.15, 0.2) is 115 Å². The van der Waals surface area contributed by atoms with Crippen LogP contribution in [0, 0.1) is 0 Å². The third-order valence-electron chi connectivity index (χ3n) is 7.99. The molecule has 20 nitrogen and oxygen atoms in total. The van der Waals surface area contributed by atoms with Crippen LogP contribution < -0.4 is 120 Å². The summed E-state index contributed by atoms with van der Waals surface area (Å²) in [6.07, 6.45) is 0.773. The number of rotatable bonds is 10. The molecule has 5 aromatic rings. The van der Waals surface area contributed by atoms with Gasteiger partial charge in [-0.2, -0.15) is 5.10 Å². The molecule has 1 radical (unpaired) electrons. The number of ketones is 1. The largest absolute Gasteiger partial charge is 2.00 e. The summed E-state index contributed by atoms with van der Waals surface area (Å²) in [5, 5.41) is 41.4. The number of hydrogen-bond acceptors (Lipinski definition) is 18. The van der Waals surface area contributed by atoms with Gasteiger partial charge in [0.05, 0.1) is 27.5 Å². The summed E-state index contributed by atoms with van der Waals surface area (Å²) in [6.45, 7) is 0. The van der Waals surface area contributed by atoms with Crippen LogP contribution in [-0.4, -0.2) is 63.5 Å². The quantitative estimate of drug-likeness (QED) is 0.0509. The summed E-state index contributed by atoms with van der Waals surface area (Å²) in [5.74, 6) is -2.70. The molecule has 27 heteroatoms. The Balaban J connectivity index is 0.00000320. The van der Waals surface area contributed by atoms with Gasteiger partial charge in [-0.05, 0) is 83.1 Å². The van der Waals surface area contributed by atoms with Crippen molar-refractivity contribution in [3.05, 3.63) is 101 Å². The summed E-state index contributed by atoms with van der Waals surface area (Å²) in [6, 6.07) is 15.5. The first-order valence-electron chi connectivity index (χ1n) is 15.6. The zero-order valence-corrected chi connectivity index (χ0v) is 41.1. The van der Waals surface area contributed by atoms with Gasteiger partial charge >= 0.3 is 112 Å². The minimum Gasteiger partial charge on any atom is -0.871 e. The molecule has 1 aliphatic rings. The van der Waals surface area contributed by atoms with Gasteiger partial charge in [0.2, 0.25) is 5.78 Å². The fourth-order valence-corrected chi connectivity index (χ4v) is 7.18. The van der Waals surface area contributed by atoms with Gasteiger partial charge in [-0.1, -0.05) is 35.8 Å².